The second-order valence-electron chi connectivity index (χ2n) is 6.67. The van der Waals surface area contributed by atoms with Crippen molar-refractivity contribution in [2.75, 3.05) is 0 Å². The predicted octanol–water partition coefficient (Wildman–Crippen LogP) is 6.02. The van der Waals surface area contributed by atoms with Crippen molar-refractivity contribution in [1.29, 1.82) is 0 Å². The molecule has 0 heterocycles. The summed E-state index contributed by atoms with van der Waals surface area (Å²) in [6.45, 7) is 5.87. The van der Waals surface area contributed by atoms with E-state index in [9.17, 15) is 4.79 Å². The van der Waals surface area contributed by atoms with Gasteiger partial charge in [0, 0.05) is 6.42 Å². The van der Waals surface area contributed by atoms with Gasteiger partial charge in [0.1, 0.15) is 0 Å². The van der Waals surface area contributed by atoms with E-state index in [2.05, 4.69) is 13.5 Å². The fourth-order valence-corrected chi connectivity index (χ4v) is 3.31. The van der Waals surface area contributed by atoms with E-state index in [0.717, 1.165) is 6.42 Å². The number of unbranched alkanes of at least 4 members (excludes halogenated alkanes) is 14. The van der Waals surface area contributed by atoms with Gasteiger partial charge >= 0.3 is 0 Å². The maximum Gasteiger partial charge on any atom is 0.292 e. The van der Waals surface area contributed by atoms with Gasteiger partial charge < -0.3 is 4.43 Å². The highest BCUT2D eigenvalue weighted by atomic mass is 28.2. The Hall–Kier alpha value is -0.573. The number of carbonyl (C=O) groups is 1. The van der Waals surface area contributed by atoms with Crippen LogP contribution in [0.25, 0.3) is 0 Å². The molecule has 0 radical (unpaired) electrons. The van der Waals surface area contributed by atoms with Gasteiger partial charge in [0.05, 0.1) is 0 Å². The summed E-state index contributed by atoms with van der Waals surface area (Å²) in [6.07, 6.45) is 20.9. The Balaban J connectivity index is 3.05. The van der Waals surface area contributed by atoms with Crippen LogP contribution >= 0.6 is 0 Å². The van der Waals surface area contributed by atoms with Crippen molar-refractivity contribution in [3.8, 4) is 0 Å². The zero-order valence-corrected chi connectivity index (χ0v) is 17.0. The van der Waals surface area contributed by atoms with Crippen molar-refractivity contribution >= 4 is 15.7 Å². The highest BCUT2D eigenvalue weighted by Crippen LogP contribution is 2.13. The third kappa shape index (κ3) is 19.4. The molecule has 0 aliphatic rings. The normalized spacial score (nSPS) is 11.2. The fraction of sp³-hybridized carbons (Fsp3) is 0.850. The molecule has 0 spiro atoms. The first-order valence-corrected chi connectivity index (χ1v) is 11.5. The fourth-order valence-electron chi connectivity index (χ4n) is 2.86. The van der Waals surface area contributed by atoms with Crippen molar-refractivity contribution in [2.45, 2.75) is 110 Å². The monoisotopic (exact) mass is 340 g/mol. The first kappa shape index (κ1) is 22.4. The van der Waals surface area contributed by atoms with Crippen molar-refractivity contribution in [2.24, 2.45) is 0 Å². The molecule has 0 aromatic carbocycles. The van der Waals surface area contributed by atoms with Crippen LogP contribution in [0.15, 0.2) is 12.3 Å². The molecule has 0 rings (SSSR count). The van der Waals surface area contributed by atoms with Crippen LogP contribution in [-0.4, -0.2) is 15.7 Å². The largest absolute Gasteiger partial charge is 0.521 e. The van der Waals surface area contributed by atoms with Gasteiger partial charge in [-0.25, -0.2) is 0 Å². The van der Waals surface area contributed by atoms with E-state index < -0.39 is 9.76 Å². The van der Waals surface area contributed by atoms with Crippen LogP contribution in [0.5, 0.6) is 0 Å². The molecule has 0 aliphatic heterocycles. The minimum atomic E-state index is -0.777. The molecule has 0 aromatic rings. The molecule has 136 valence electrons. The molecular weight excluding hydrogens is 300 g/mol. The molecule has 0 fully saturated rings. The average Bonchev–Trinajstić information content (AvgIpc) is 2.56. The first-order valence-electron chi connectivity index (χ1n) is 10.1. The second kappa shape index (κ2) is 19.5. The predicted molar refractivity (Wildman–Crippen MR) is 104 cm³/mol. The van der Waals surface area contributed by atoms with E-state index in [1.165, 1.54) is 89.9 Å². The lowest BCUT2D eigenvalue weighted by atomic mass is 10.0. The van der Waals surface area contributed by atoms with E-state index in [1.807, 2.05) is 0 Å². The summed E-state index contributed by atoms with van der Waals surface area (Å²) in [5, 5.41) is 0. The quantitative estimate of drug-likeness (QED) is 0.225. The number of hydrogen-bond acceptors (Lipinski definition) is 2. The standard InChI is InChI=1S/C20H40O2Si/c1-3-5-6-7-8-9-10-11-12-13-14-15-16-17-18-19-20(21)22-23-4-2/h4H,2-3,5-19,23H2,1H3. The van der Waals surface area contributed by atoms with Crippen molar-refractivity contribution < 1.29 is 9.22 Å². The van der Waals surface area contributed by atoms with Crippen LogP contribution in [0.4, 0.5) is 0 Å². The summed E-state index contributed by atoms with van der Waals surface area (Å²) >= 11 is 0. The molecule has 23 heavy (non-hydrogen) atoms. The molecule has 0 unspecified atom stereocenters. The van der Waals surface area contributed by atoms with Gasteiger partial charge in [0.25, 0.3) is 5.97 Å². The van der Waals surface area contributed by atoms with Gasteiger partial charge in [-0.2, -0.15) is 0 Å². The van der Waals surface area contributed by atoms with Gasteiger partial charge in [0.15, 0.2) is 0 Å². The molecule has 0 amide bonds. The topological polar surface area (TPSA) is 26.3 Å². The Morgan fingerprint density at radius 3 is 1.57 bits per heavy atom. The van der Waals surface area contributed by atoms with Crippen LogP contribution in [0.3, 0.4) is 0 Å². The molecule has 0 saturated carbocycles. The van der Waals surface area contributed by atoms with E-state index in [4.69, 9.17) is 4.43 Å². The Labute approximate surface area is 147 Å². The van der Waals surface area contributed by atoms with Gasteiger partial charge in [-0.05, 0) is 6.42 Å². The lowest BCUT2D eigenvalue weighted by Crippen LogP contribution is -2.06. The summed E-state index contributed by atoms with van der Waals surface area (Å²) in [5.41, 5.74) is 1.75. The Morgan fingerprint density at radius 2 is 1.17 bits per heavy atom. The summed E-state index contributed by atoms with van der Waals surface area (Å²) in [5.74, 6) is -0.0220. The maximum absolute atomic E-state index is 11.3. The third-order valence-electron chi connectivity index (χ3n) is 4.35. The van der Waals surface area contributed by atoms with E-state index in [-0.39, 0.29) is 5.97 Å². The van der Waals surface area contributed by atoms with E-state index >= 15 is 0 Å². The molecule has 0 bridgehead atoms. The van der Waals surface area contributed by atoms with Crippen LogP contribution in [0.1, 0.15) is 110 Å². The second-order valence-corrected chi connectivity index (χ2v) is 7.87. The minimum absolute atomic E-state index is 0.0220. The van der Waals surface area contributed by atoms with Crippen molar-refractivity contribution in [3.63, 3.8) is 0 Å². The summed E-state index contributed by atoms with van der Waals surface area (Å²) < 4.78 is 5.09. The number of hydrogen-bond donors (Lipinski definition) is 0. The van der Waals surface area contributed by atoms with Crippen LogP contribution in [-0.2, 0) is 9.22 Å². The van der Waals surface area contributed by atoms with Gasteiger partial charge in [0.2, 0.25) is 9.76 Å². The number of carbonyl (C=O) groups excluding carboxylic acids is 1. The van der Waals surface area contributed by atoms with Crippen LogP contribution in [0.2, 0.25) is 0 Å². The van der Waals surface area contributed by atoms with E-state index in [0.29, 0.717) is 6.42 Å². The summed E-state index contributed by atoms with van der Waals surface area (Å²) in [6, 6.07) is 0. The lowest BCUT2D eigenvalue weighted by molar-refractivity contribution is -0.134. The molecule has 0 atom stereocenters. The van der Waals surface area contributed by atoms with Crippen LogP contribution < -0.4 is 0 Å². The van der Waals surface area contributed by atoms with Gasteiger partial charge in [-0.15, -0.1) is 6.58 Å². The zero-order chi connectivity index (χ0) is 17.0. The Kier molecular flexibility index (Phi) is 19.0. The van der Waals surface area contributed by atoms with Crippen LogP contribution in [0, 0.1) is 0 Å². The third-order valence-corrected chi connectivity index (χ3v) is 5.07. The highest BCUT2D eigenvalue weighted by Gasteiger charge is 2.00. The molecular formula is C20H40O2Si. The molecule has 2 nitrogen and oxygen atoms in total. The van der Waals surface area contributed by atoms with Gasteiger partial charge in [-0.1, -0.05) is 103 Å². The molecule has 3 heteroatoms. The zero-order valence-electron chi connectivity index (χ0n) is 15.6. The number of rotatable bonds is 18. The highest BCUT2D eigenvalue weighted by molar-refractivity contribution is 6.36. The van der Waals surface area contributed by atoms with E-state index in [1.54, 1.807) is 5.70 Å². The lowest BCUT2D eigenvalue weighted by Gasteiger charge is -2.04. The smallest absolute Gasteiger partial charge is 0.292 e. The maximum atomic E-state index is 11.3. The molecule has 0 N–H and O–H groups in total. The molecule has 0 saturated heterocycles. The Bertz CT molecular complexity index is 266. The Morgan fingerprint density at radius 1 is 0.783 bits per heavy atom. The minimum Gasteiger partial charge on any atom is -0.521 e. The summed E-state index contributed by atoms with van der Waals surface area (Å²) in [4.78, 5) is 11.3. The SMILES string of the molecule is C=C[SiH2]OC(=O)CCCCCCCCCCCCCCCCC. The van der Waals surface area contributed by atoms with Crippen molar-refractivity contribution in [1.82, 2.24) is 0 Å². The molecule has 0 aliphatic carbocycles. The molecule has 0 aromatic heterocycles. The first-order chi connectivity index (χ1) is 11.3. The van der Waals surface area contributed by atoms with Gasteiger partial charge in [-0.3, -0.25) is 4.79 Å². The summed E-state index contributed by atoms with van der Waals surface area (Å²) in [7, 11) is -0.777. The average molecular weight is 341 g/mol. The van der Waals surface area contributed by atoms with Crippen molar-refractivity contribution in [3.05, 3.63) is 12.3 Å².